The van der Waals surface area contributed by atoms with Crippen molar-refractivity contribution in [2.45, 2.75) is 32.5 Å². The SMILES string of the molecule is C[C@H](N[C@H](C)c1cnn(Cc2ccccc2)c1)c1cnccn1. The summed E-state index contributed by atoms with van der Waals surface area (Å²) in [6.45, 7) is 5.01. The Hall–Kier alpha value is -2.53. The molecule has 1 aromatic carbocycles. The van der Waals surface area contributed by atoms with Gasteiger partial charge in [0, 0.05) is 42.4 Å². The summed E-state index contributed by atoms with van der Waals surface area (Å²) in [5.41, 5.74) is 3.35. The van der Waals surface area contributed by atoms with Gasteiger partial charge in [-0.1, -0.05) is 30.3 Å². The molecule has 1 N–H and O–H groups in total. The van der Waals surface area contributed by atoms with Crippen LogP contribution < -0.4 is 5.32 Å². The molecule has 3 aromatic rings. The molecule has 2 aromatic heterocycles. The van der Waals surface area contributed by atoms with E-state index >= 15 is 0 Å². The highest BCUT2D eigenvalue weighted by atomic mass is 15.3. The van der Waals surface area contributed by atoms with Crippen LogP contribution in [0.3, 0.4) is 0 Å². The minimum atomic E-state index is 0.135. The minimum absolute atomic E-state index is 0.135. The molecule has 2 heterocycles. The average Bonchev–Trinajstić information content (AvgIpc) is 3.05. The lowest BCUT2D eigenvalue weighted by atomic mass is 10.1. The van der Waals surface area contributed by atoms with Gasteiger partial charge >= 0.3 is 0 Å². The number of rotatable bonds is 6. The Labute approximate surface area is 136 Å². The van der Waals surface area contributed by atoms with Crippen LogP contribution >= 0.6 is 0 Å². The van der Waals surface area contributed by atoms with Gasteiger partial charge in [0.2, 0.25) is 0 Å². The molecule has 5 nitrogen and oxygen atoms in total. The van der Waals surface area contributed by atoms with E-state index in [2.05, 4.69) is 52.6 Å². The maximum atomic E-state index is 4.46. The van der Waals surface area contributed by atoms with E-state index in [-0.39, 0.29) is 12.1 Å². The molecule has 0 aliphatic rings. The second-order valence-electron chi connectivity index (χ2n) is 5.70. The fraction of sp³-hybridized carbons (Fsp3) is 0.278. The molecule has 0 unspecified atom stereocenters. The van der Waals surface area contributed by atoms with Crippen molar-refractivity contribution in [2.75, 3.05) is 0 Å². The molecule has 2 atom stereocenters. The van der Waals surface area contributed by atoms with Crippen LogP contribution in [0.5, 0.6) is 0 Å². The maximum Gasteiger partial charge on any atom is 0.0753 e. The Kier molecular flexibility index (Phi) is 4.78. The van der Waals surface area contributed by atoms with E-state index in [1.165, 1.54) is 5.56 Å². The van der Waals surface area contributed by atoms with Gasteiger partial charge in [-0.2, -0.15) is 5.10 Å². The lowest BCUT2D eigenvalue weighted by Crippen LogP contribution is -2.23. The van der Waals surface area contributed by atoms with E-state index in [4.69, 9.17) is 0 Å². The standard InChI is InChI=1S/C18H21N5/c1-14(22-15(2)18-11-19-8-9-20-18)17-10-21-23(13-17)12-16-6-4-3-5-7-16/h3-11,13-15,22H,12H2,1-2H3/t14-,15+/m1/s1. The highest BCUT2D eigenvalue weighted by Crippen LogP contribution is 2.17. The van der Waals surface area contributed by atoms with Gasteiger partial charge in [-0.3, -0.25) is 14.6 Å². The first kappa shape index (κ1) is 15.4. The Morgan fingerprint density at radius 1 is 1.04 bits per heavy atom. The van der Waals surface area contributed by atoms with E-state index in [0.717, 1.165) is 17.8 Å². The Bertz CT molecular complexity index is 723. The molecule has 0 amide bonds. The molecular weight excluding hydrogens is 286 g/mol. The number of benzene rings is 1. The van der Waals surface area contributed by atoms with Crippen LogP contribution in [0.25, 0.3) is 0 Å². The minimum Gasteiger partial charge on any atom is -0.302 e. The molecule has 0 spiro atoms. The van der Waals surface area contributed by atoms with Gasteiger partial charge < -0.3 is 5.32 Å². The summed E-state index contributed by atoms with van der Waals surface area (Å²) in [6.07, 6.45) is 9.21. The third-order valence-corrected chi connectivity index (χ3v) is 3.87. The number of aromatic nitrogens is 4. The topological polar surface area (TPSA) is 55.6 Å². The maximum absolute atomic E-state index is 4.46. The van der Waals surface area contributed by atoms with Gasteiger partial charge in [0.15, 0.2) is 0 Å². The highest BCUT2D eigenvalue weighted by Gasteiger charge is 2.13. The lowest BCUT2D eigenvalue weighted by molar-refractivity contribution is 0.484. The second-order valence-corrected chi connectivity index (χ2v) is 5.70. The van der Waals surface area contributed by atoms with E-state index in [0.29, 0.717) is 0 Å². The zero-order valence-electron chi connectivity index (χ0n) is 13.4. The highest BCUT2D eigenvalue weighted by molar-refractivity contribution is 5.16. The van der Waals surface area contributed by atoms with Gasteiger partial charge in [-0.25, -0.2) is 0 Å². The van der Waals surface area contributed by atoms with Gasteiger partial charge in [-0.15, -0.1) is 0 Å². The van der Waals surface area contributed by atoms with Crippen LogP contribution in [0.4, 0.5) is 0 Å². The average molecular weight is 307 g/mol. The van der Waals surface area contributed by atoms with Crippen LogP contribution in [-0.2, 0) is 6.54 Å². The predicted octanol–water partition coefficient (Wildman–Crippen LogP) is 3.13. The monoisotopic (exact) mass is 307 g/mol. The van der Waals surface area contributed by atoms with Crippen molar-refractivity contribution in [3.63, 3.8) is 0 Å². The first-order valence-electron chi connectivity index (χ1n) is 7.80. The summed E-state index contributed by atoms with van der Waals surface area (Å²) in [6, 6.07) is 10.7. The molecule has 0 aliphatic carbocycles. The van der Waals surface area contributed by atoms with Crippen molar-refractivity contribution in [2.24, 2.45) is 0 Å². The van der Waals surface area contributed by atoms with E-state index in [1.807, 2.05) is 29.1 Å². The second kappa shape index (κ2) is 7.15. The largest absolute Gasteiger partial charge is 0.302 e. The predicted molar refractivity (Wildman–Crippen MR) is 89.8 cm³/mol. The Balaban J connectivity index is 1.63. The first-order chi connectivity index (χ1) is 11.2. The Morgan fingerprint density at radius 3 is 2.61 bits per heavy atom. The molecule has 0 saturated heterocycles. The van der Waals surface area contributed by atoms with Crippen LogP contribution in [0.15, 0.2) is 61.3 Å². The third kappa shape index (κ3) is 4.02. The molecule has 0 aliphatic heterocycles. The van der Waals surface area contributed by atoms with Crippen LogP contribution in [0.1, 0.15) is 42.8 Å². The molecule has 3 rings (SSSR count). The van der Waals surface area contributed by atoms with Gasteiger partial charge in [0.1, 0.15) is 0 Å². The quantitative estimate of drug-likeness (QED) is 0.760. The van der Waals surface area contributed by atoms with Crippen molar-refractivity contribution >= 4 is 0 Å². The van der Waals surface area contributed by atoms with Gasteiger partial charge in [0.25, 0.3) is 0 Å². The lowest BCUT2D eigenvalue weighted by Gasteiger charge is -2.18. The zero-order chi connectivity index (χ0) is 16.1. The molecule has 5 heteroatoms. The van der Waals surface area contributed by atoms with Crippen LogP contribution in [-0.4, -0.2) is 19.7 Å². The van der Waals surface area contributed by atoms with Crippen molar-refractivity contribution in [3.8, 4) is 0 Å². The van der Waals surface area contributed by atoms with Crippen molar-refractivity contribution < 1.29 is 0 Å². The number of nitrogens with one attached hydrogen (secondary N) is 1. The summed E-state index contributed by atoms with van der Waals surface area (Å²) >= 11 is 0. The third-order valence-electron chi connectivity index (χ3n) is 3.87. The molecule has 0 radical (unpaired) electrons. The molecule has 0 saturated carbocycles. The normalized spacial score (nSPS) is 13.7. The van der Waals surface area contributed by atoms with Gasteiger partial charge in [0.05, 0.1) is 18.4 Å². The van der Waals surface area contributed by atoms with Crippen molar-refractivity contribution in [1.29, 1.82) is 0 Å². The first-order valence-corrected chi connectivity index (χ1v) is 7.80. The van der Waals surface area contributed by atoms with Gasteiger partial charge in [-0.05, 0) is 19.4 Å². The fourth-order valence-corrected chi connectivity index (χ4v) is 2.55. The zero-order valence-corrected chi connectivity index (χ0v) is 13.4. The summed E-state index contributed by atoms with van der Waals surface area (Å²) in [5, 5.41) is 8.00. The van der Waals surface area contributed by atoms with Crippen molar-refractivity contribution in [1.82, 2.24) is 25.1 Å². The molecule has 0 bridgehead atoms. The Morgan fingerprint density at radius 2 is 1.87 bits per heavy atom. The molecule has 0 fully saturated rings. The van der Waals surface area contributed by atoms with Crippen molar-refractivity contribution in [3.05, 3.63) is 78.1 Å². The smallest absolute Gasteiger partial charge is 0.0753 e. The molecule has 118 valence electrons. The van der Waals surface area contributed by atoms with E-state index in [9.17, 15) is 0 Å². The summed E-state index contributed by atoms with van der Waals surface area (Å²) < 4.78 is 1.97. The molecular formula is C18H21N5. The van der Waals surface area contributed by atoms with Crippen LogP contribution in [0, 0.1) is 0 Å². The number of hydrogen-bond acceptors (Lipinski definition) is 4. The number of nitrogens with zero attached hydrogens (tertiary/aromatic N) is 4. The van der Waals surface area contributed by atoms with E-state index in [1.54, 1.807) is 18.6 Å². The molecule has 23 heavy (non-hydrogen) atoms. The summed E-state index contributed by atoms with van der Waals surface area (Å²) in [5.74, 6) is 0. The van der Waals surface area contributed by atoms with Crippen LogP contribution in [0.2, 0.25) is 0 Å². The number of hydrogen-bond donors (Lipinski definition) is 1. The van der Waals surface area contributed by atoms with E-state index < -0.39 is 0 Å². The summed E-state index contributed by atoms with van der Waals surface area (Å²) in [4.78, 5) is 8.46. The fourth-order valence-electron chi connectivity index (χ4n) is 2.55. The summed E-state index contributed by atoms with van der Waals surface area (Å²) in [7, 11) is 0.